The molecule has 1 heterocycles. The maximum Gasteiger partial charge on any atom is 0.165 e. The van der Waals surface area contributed by atoms with E-state index < -0.39 is 6.10 Å². The predicted octanol–water partition coefficient (Wildman–Crippen LogP) is 2.16. The normalized spacial score (nSPS) is 18.6. The summed E-state index contributed by atoms with van der Waals surface area (Å²) in [4.78, 5) is 0. The Bertz CT molecular complexity index is 389. The fraction of sp³-hybridized carbons (Fsp3) is 0.571. The van der Waals surface area contributed by atoms with Crippen LogP contribution < -0.4 is 4.74 Å². The summed E-state index contributed by atoms with van der Waals surface area (Å²) in [6, 6.07) is 4.83. The van der Waals surface area contributed by atoms with E-state index in [0.29, 0.717) is 19.6 Å². The molecular weight excluding hydrogens is 235 g/mol. The first kappa shape index (κ1) is 13.3. The van der Waals surface area contributed by atoms with Crippen molar-refractivity contribution in [1.29, 1.82) is 0 Å². The van der Waals surface area contributed by atoms with Gasteiger partial charge in [-0.2, -0.15) is 0 Å². The summed E-state index contributed by atoms with van der Waals surface area (Å²) in [6.45, 7) is 1.41. The number of benzene rings is 1. The largest absolute Gasteiger partial charge is 0.494 e. The van der Waals surface area contributed by atoms with Crippen LogP contribution in [0.15, 0.2) is 18.2 Å². The highest BCUT2D eigenvalue weighted by Gasteiger charge is 2.22. The molecule has 100 valence electrons. The van der Waals surface area contributed by atoms with Gasteiger partial charge in [0, 0.05) is 13.2 Å². The Morgan fingerprint density at radius 2 is 2.17 bits per heavy atom. The lowest BCUT2D eigenvalue weighted by molar-refractivity contribution is 0.00837. The highest BCUT2D eigenvalue weighted by molar-refractivity contribution is 5.29. The molecule has 1 aromatic carbocycles. The molecule has 0 saturated carbocycles. The highest BCUT2D eigenvalue weighted by atomic mass is 19.1. The van der Waals surface area contributed by atoms with Crippen molar-refractivity contribution < 1.29 is 19.0 Å². The SMILES string of the molecule is COc1ccc(CC(O)C2CCOCC2)cc1F. The summed E-state index contributed by atoms with van der Waals surface area (Å²) in [7, 11) is 1.44. The van der Waals surface area contributed by atoms with Gasteiger partial charge in [-0.25, -0.2) is 4.39 Å². The van der Waals surface area contributed by atoms with Gasteiger partial charge in [-0.15, -0.1) is 0 Å². The predicted molar refractivity (Wildman–Crippen MR) is 66.2 cm³/mol. The molecule has 1 fully saturated rings. The van der Waals surface area contributed by atoms with Crippen molar-refractivity contribution in [2.45, 2.75) is 25.4 Å². The Balaban J connectivity index is 1.97. The number of methoxy groups -OCH3 is 1. The molecule has 0 spiro atoms. The molecule has 0 aromatic heterocycles. The molecule has 1 N–H and O–H groups in total. The van der Waals surface area contributed by atoms with Crippen LogP contribution in [0, 0.1) is 11.7 Å². The number of rotatable bonds is 4. The lowest BCUT2D eigenvalue weighted by Crippen LogP contribution is -2.28. The molecule has 4 heteroatoms. The van der Waals surface area contributed by atoms with E-state index in [2.05, 4.69) is 0 Å². The maximum atomic E-state index is 13.5. The molecule has 0 bridgehead atoms. The second-order valence-corrected chi connectivity index (χ2v) is 4.69. The Labute approximate surface area is 107 Å². The summed E-state index contributed by atoms with van der Waals surface area (Å²) in [5, 5.41) is 10.1. The van der Waals surface area contributed by atoms with Crippen molar-refractivity contribution in [3.8, 4) is 5.75 Å². The van der Waals surface area contributed by atoms with Crippen LogP contribution in [0.3, 0.4) is 0 Å². The van der Waals surface area contributed by atoms with E-state index in [9.17, 15) is 9.50 Å². The van der Waals surface area contributed by atoms with Crippen LogP contribution in [0.25, 0.3) is 0 Å². The van der Waals surface area contributed by atoms with Crippen LogP contribution >= 0.6 is 0 Å². The summed E-state index contributed by atoms with van der Waals surface area (Å²) < 4.78 is 23.6. The van der Waals surface area contributed by atoms with E-state index in [1.165, 1.54) is 13.2 Å². The second-order valence-electron chi connectivity index (χ2n) is 4.69. The van der Waals surface area contributed by atoms with Gasteiger partial charge in [-0.1, -0.05) is 6.07 Å². The van der Waals surface area contributed by atoms with Gasteiger partial charge in [0.15, 0.2) is 11.6 Å². The molecule has 0 radical (unpaired) electrons. The number of ether oxygens (including phenoxy) is 2. The van der Waals surface area contributed by atoms with Crippen molar-refractivity contribution in [2.75, 3.05) is 20.3 Å². The minimum atomic E-state index is -0.429. The zero-order valence-electron chi connectivity index (χ0n) is 10.6. The molecule has 0 amide bonds. The third kappa shape index (κ3) is 3.21. The minimum Gasteiger partial charge on any atom is -0.494 e. The van der Waals surface area contributed by atoms with E-state index >= 15 is 0 Å². The van der Waals surface area contributed by atoms with E-state index in [1.807, 2.05) is 0 Å². The Kier molecular flexibility index (Phi) is 4.55. The van der Waals surface area contributed by atoms with Crippen LogP contribution in [0.5, 0.6) is 5.75 Å². The Hall–Kier alpha value is -1.13. The third-order valence-electron chi connectivity index (χ3n) is 3.47. The van der Waals surface area contributed by atoms with Gasteiger partial charge in [-0.3, -0.25) is 0 Å². The first-order chi connectivity index (χ1) is 8.70. The smallest absolute Gasteiger partial charge is 0.165 e. The molecule has 1 aliphatic heterocycles. The number of aliphatic hydroxyl groups is 1. The Morgan fingerprint density at radius 3 is 2.78 bits per heavy atom. The van der Waals surface area contributed by atoms with Crippen molar-refractivity contribution in [2.24, 2.45) is 5.92 Å². The molecule has 18 heavy (non-hydrogen) atoms. The van der Waals surface area contributed by atoms with Crippen LogP contribution in [0.4, 0.5) is 4.39 Å². The standard InChI is InChI=1S/C14H19FO3/c1-17-14-3-2-10(8-12(14)15)9-13(16)11-4-6-18-7-5-11/h2-3,8,11,13,16H,4-7,9H2,1H3. The molecule has 1 aliphatic rings. The van der Waals surface area contributed by atoms with Crippen molar-refractivity contribution in [3.63, 3.8) is 0 Å². The van der Waals surface area contributed by atoms with Gasteiger partial charge in [0.05, 0.1) is 13.2 Å². The molecule has 1 unspecified atom stereocenters. The van der Waals surface area contributed by atoms with Gasteiger partial charge in [0.1, 0.15) is 0 Å². The van der Waals surface area contributed by atoms with Gasteiger partial charge in [-0.05, 0) is 42.9 Å². The van der Waals surface area contributed by atoms with Crippen LogP contribution in [-0.2, 0) is 11.2 Å². The summed E-state index contributed by atoms with van der Waals surface area (Å²) >= 11 is 0. The summed E-state index contributed by atoms with van der Waals surface area (Å²) in [5.74, 6) is 0.109. The zero-order valence-corrected chi connectivity index (χ0v) is 10.6. The summed E-state index contributed by atoms with van der Waals surface area (Å²) in [5.41, 5.74) is 0.798. The highest BCUT2D eigenvalue weighted by Crippen LogP contribution is 2.23. The Morgan fingerprint density at radius 1 is 1.44 bits per heavy atom. The maximum absolute atomic E-state index is 13.5. The first-order valence-electron chi connectivity index (χ1n) is 6.29. The average molecular weight is 254 g/mol. The van der Waals surface area contributed by atoms with E-state index in [4.69, 9.17) is 9.47 Å². The van der Waals surface area contributed by atoms with E-state index in [1.54, 1.807) is 12.1 Å². The lowest BCUT2D eigenvalue weighted by atomic mass is 9.90. The molecule has 0 aliphatic carbocycles. The second kappa shape index (κ2) is 6.16. The van der Waals surface area contributed by atoms with Crippen molar-refractivity contribution >= 4 is 0 Å². The van der Waals surface area contributed by atoms with Crippen molar-refractivity contribution in [3.05, 3.63) is 29.6 Å². The van der Waals surface area contributed by atoms with Crippen LogP contribution in [-0.4, -0.2) is 31.5 Å². The average Bonchev–Trinajstić information content (AvgIpc) is 2.40. The van der Waals surface area contributed by atoms with Gasteiger partial charge < -0.3 is 14.6 Å². The fourth-order valence-corrected chi connectivity index (χ4v) is 2.35. The van der Waals surface area contributed by atoms with Gasteiger partial charge >= 0.3 is 0 Å². The van der Waals surface area contributed by atoms with E-state index in [0.717, 1.165) is 18.4 Å². The molecule has 1 aromatic rings. The van der Waals surface area contributed by atoms with Gasteiger partial charge in [0.2, 0.25) is 0 Å². The quantitative estimate of drug-likeness (QED) is 0.895. The number of hydrogen-bond donors (Lipinski definition) is 1. The molecular formula is C14H19FO3. The monoisotopic (exact) mass is 254 g/mol. The third-order valence-corrected chi connectivity index (χ3v) is 3.47. The fourth-order valence-electron chi connectivity index (χ4n) is 2.35. The van der Waals surface area contributed by atoms with E-state index in [-0.39, 0.29) is 17.5 Å². The summed E-state index contributed by atoms with van der Waals surface area (Å²) in [6.07, 6.45) is 1.80. The van der Waals surface area contributed by atoms with Crippen LogP contribution in [0.2, 0.25) is 0 Å². The van der Waals surface area contributed by atoms with Crippen molar-refractivity contribution in [1.82, 2.24) is 0 Å². The molecule has 3 nitrogen and oxygen atoms in total. The first-order valence-corrected chi connectivity index (χ1v) is 6.29. The topological polar surface area (TPSA) is 38.7 Å². The molecule has 1 atom stereocenters. The lowest BCUT2D eigenvalue weighted by Gasteiger charge is -2.26. The zero-order chi connectivity index (χ0) is 13.0. The number of hydrogen-bond acceptors (Lipinski definition) is 3. The van der Waals surface area contributed by atoms with Gasteiger partial charge in [0.25, 0.3) is 0 Å². The van der Waals surface area contributed by atoms with Crippen LogP contribution in [0.1, 0.15) is 18.4 Å². The molecule has 2 rings (SSSR count). The number of aliphatic hydroxyl groups excluding tert-OH is 1. The number of halogens is 1. The minimum absolute atomic E-state index is 0.235. The molecule has 1 saturated heterocycles.